The van der Waals surface area contributed by atoms with E-state index in [1.54, 1.807) is 6.92 Å². The predicted octanol–water partition coefficient (Wildman–Crippen LogP) is 3.28. The molecule has 1 heterocycles. The van der Waals surface area contributed by atoms with Crippen LogP contribution in [0.25, 0.3) is 0 Å². The van der Waals surface area contributed by atoms with Crippen LogP contribution in [0.4, 0.5) is 5.00 Å². The van der Waals surface area contributed by atoms with Gasteiger partial charge in [-0.3, -0.25) is 4.79 Å². The smallest absolute Gasteiger partial charge is 0.341 e. The SMILES string of the molecule is CCOC(=O)c1c(NC(=O)CC2CC2)sc(C)c1C. The van der Waals surface area contributed by atoms with Crippen LogP contribution in [0.3, 0.4) is 0 Å². The molecule has 0 aromatic carbocycles. The predicted molar refractivity (Wildman–Crippen MR) is 75.7 cm³/mol. The van der Waals surface area contributed by atoms with Crippen molar-refractivity contribution in [1.29, 1.82) is 0 Å². The topological polar surface area (TPSA) is 55.4 Å². The molecule has 0 atom stereocenters. The van der Waals surface area contributed by atoms with Crippen molar-refractivity contribution in [2.75, 3.05) is 11.9 Å². The summed E-state index contributed by atoms with van der Waals surface area (Å²) in [5, 5.41) is 3.49. The first-order valence-electron chi connectivity index (χ1n) is 6.59. The van der Waals surface area contributed by atoms with Gasteiger partial charge in [-0.1, -0.05) is 0 Å². The Labute approximate surface area is 117 Å². The van der Waals surface area contributed by atoms with Crippen molar-refractivity contribution in [2.45, 2.75) is 40.0 Å². The van der Waals surface area contributed by atoms with Gasteiger partial charge in [0, 0.05) is 11.3 Å². The van der Waals surface area contributed by atoms with Gasteiger partial charge in [0.15, 0.2) is 0 Å². The average Bonchev–Trinajstić information content (AvgIpc) is 3.08. The van der Waals surface area contributed by atoms with E-state index in [0.717, 1.165) is 23.3 Å². The number of nitrogens with one attached hydrogen (secondary N) is 1. The fraction of sp³-hybridized carbons (Fsp3) is 0.571. The lowest BCUT2D eigenvalue weighted by Gasteiger charge is -2.06. The van der Waals surface area contributed by atoms with E-state index >= 15 is 0 Å². The van der Waals surface area contributed by atoms with Crippen LogP contribution in [-0.2, 0) is 9.53 Å². The number of anilines is 1. The van der Waals surface area contributed by atoms with E-state index in [1.807, 2.05) is 13.8 Å². The highest BCUT2D eigenvalue weighted by atomic mass is 32.1. The monoisotopic (exact) mass is 281 g/mol. The molecule has 104 valence electrons. The second kappa shape index (κ2) is 5.74. The van der Waals surface area contributed by atoms with Gasteiger partial charge in [0.05, 0.1) is 12.2 Å². The molecular weight excluding hydrogens is 262 g/mol. The summed E-state index contributed by atoms with van der Waals surface area (Å²) in [4.78, 5) is 24.8. The van der Waals surface area contributed by atoms with Crippen LogP contribution in [0.5, 0.6) is 0 Å². The lowest BCUT2D eigenvalue weighted by Crippen LogP contribution is -2.14. The zero-order valence-corrected chi connectivity index (χ0v) is 12.4. The fourth-order valence-electron chi connectivity index (χ4n) is 1.93. The number of esters is 1. The van der Waals surface area contributed by atoms with Crippen LogP contribution in [0.1, 0.15) is 47.0 Å². The number of hydrogen-bond donors (Lipinski definition) is 1. The molecule has 1 fully saturated rings. The molecule has 0 radical (unpaired) electrons. The maximum absolute atomic E-state index is 11.9. The van der Waals surface area contributed by atoms with Gasteiger partial charge in [-0.15, -0.1) is 11.3 Å². The van der Waals surface area contributed by atoms with Crippen molar-refractivity contribution in [3.63, 3.8) is 0 Å². The number of thiophene rings is 1. The lowest BCUT2D eigenvalue weighted by atomic mass is 10.1. The van der Waals surface area contributed by atoms with Crippen LogP contribution in [0.15, 0.2) is 0 Å². The number of carbonyl (C=O) groups excluding carboxylic acids is 2. The Hall–Kier alpha value is -1.36. The van der Waals surface area contributed by atoms with Gasteiger partial charge >= 0.3 is 5.97 Å². The molecule has 1 N–H and O–H groups in total. The summed E-state index contributed by atoms with van der Waals surface area (Å²) in [5.74, 6) is 0.175. The second-order valence-corrected chi connectivity index (χ2v) is 6.13. The first kappa shape index (κ1) is 14.1. The molecule has 5 heteroatoms. The molecular formula is C14H19NO3S. The normalized spacial score (nSPS) is 14.3. The summed E-state index contributed by atoms with van der Waals surface area (Å²) in [6, 6.07) is 0. The first-order chi connectivity index (χ1) is 9.02. The molecule has 19 heavy (non-hydrogen) atoms. The highest BCUT2D eigenvalue weighted by Crippen LogP contribution is 2.35. The van der Waals surface area contributed by atoms with Crippen molar-refractivity contribution >= 4 is 28.2 Å². The van der Waals surface area contributed by atoms with E-state index in [1.165, 1.54) is 11.3 Å². The van der Waals surface area contributed by atoms with Crippen molar-refractivity contribution in [3.8, 4) is 0 Å². The molecule has 1 saturated carbocycles. The van der Waals surface area contributed by atoms with Gasteiger partial charge in [0.25, 0.3) is 0 Å². The maximum atomic E-state index is 11.9. The first-order valence-corrected chi connectivity index (χ1v) is 7.41. The Balaban J connectivity index is 2.16. The highest BCUT2D eigenvalue weighted by molar-refractivity contribution is 7.16. The highest BCUT2D eigenvalue weighted by Gasteiger charge is 2.26. The van der Waals surface area contributed by atoms with Crippen LogP contribution < -0.4 is 5.32 Å². The fourth-order valence-corrected chi connectivity index (χ4v) is 2.99. The van der Waals surface area contributed by atoms with E-state index < -0.39 is 0 Å². The van der Waals surface area contributed by atoms with Gasteiger partial charge in [-0.2, -0.15) is 0 Å². The standard InChI is InChI=1S/C14H19NO3S/c1-4-18-14(17)12-8(2)9(3)19-13(12)15-11(16)7-10-5-6-10/h10H,4-7H2,1-3H3,(H,15,16). The molecule has 1 aliphatic carbocycles. The maximum Gasteiger partial charge on any atom is 0.341 e. The van der Waals surface area contributed by atoms with Crippen LogP contribution in [0, 0.1) is 19.8 Å². The van der Waals surface area contributed by atoms with Crippen LogP contribution in [-0.4, -0.2) is 18.5 Å². The number of carbonyl (C=O) groups is 2. The van der Waals surface area contributed by atoms with Crippen molar-refractivity contribution < 1.29 is 14.3 Å². The Bertz CT molecular complexity index is 503. The summed E-state index contributed by atoms with van der Waals surface area (Å²) >= 11 is 1.44. The number of hydrogen-bond acceptors (Lipinski definition) is 4. The number of ether oxygens (including phenoxy) is 1. The minimum absolute atomic E-state index is 0.00528. The summed E-state index contributed by atoms with van der Waals surface area (Å²) < 4.78 is 5.05. The minimum atomic E-state index is -0.355. The van der Waals surface area contributed by atoms with Crippen molar-refractivity contribution in [3.05, 3.63) is 16.0 Å². The Morgan fingerprint density at radius 2 is 2.05 bits per heavy atom. The van der Waals surface area contributed by atoms with Gasteiger partial charge in [0.2, 0.25) is 5.91 Å². The lowest BCUT2D eigenvalue weighted by molar-refractivity contribution is -0.116. The Morgan fingerprint density at radius 1 is 1.37 bits per heavy atom. The van der Waals surface area contributed by atoms with E-state index in [4.69, 9.17) is 4.74 Å². The molecule has 2 rings (SSSR count). The third-order valence-corrected chi connectivity index (χ3v) is 4.41. The summed E-state index contributed by atoms with van der Waals surface area (Å²) in [6.45, 7) is 5.94. The Morgan fingerprint density at radius 3 is 2.63 bits per heavy atom. The van der Waals surface area contributed by atoms with Crippen molar-refractivity contribution in [2.24, 2.45) is 5.92 Å². The van der Waals surface area contributed by atoms with Gasteiger partial charge < -0.3 is 10.1 Å². The summed E-state index contributed by atoms with van der Waals surface area (Å²) in [6.07, 6.45) is 2.83. The number of amides is 1. The molecule has 1 aromatic heterocycles. The van der Waals surface area contributed by atoms with Gasteiger partial charge in [0.1, 0.15) is 5.00 Å². The molecule has 0 spiro atoms. The van der Waals surface area contributed by atoms with E-state index in [9.17, 15) is 9.59 Å². The van der Waals surface area contributed by atoms with E-state index in [-0.39, 0.29) is 11.9 Å². The molecule has 0 aliphatic heterocycles. The second-order valence-electron chi connectivity index (χ2n) is 4.90. The molecule has 1 amide bonds. The van der Waals surface area contributed by atoms with Crippen LogP contribution >= 0.6 is 11.3 Å². The van der Waals surface area contributed by atoms with E-state index in [0.29, 0.717) is 29.5 Å². The third kappa shape index (κ3) is 3.35. The van der Waals surface area contributed by atoms with Crippen LogP contribution in [0.2, 0.25) is 0 Å². The molecule has 1 aromatic rings. The Kier molecular flexibility index (Phi) is 4.24. The number of aryl methyl sites for hydroxylation is 1. The third-order valence-electron chi connectivity index (χ3n) is 3.29. The molecule has 0 saturated heterocycles. The quantitative estimate of drug-likeness (QED) is 0.843. The van der Waals surface area contributed by atoms with Gasteiger partial charge in [-0.25, -0.2) is 4.79 Å². The largest absolute Gasteiger partial charge is 0.462 e. The molecule has 0 unspecified atom stereocenters. The zero-order valence-electron chi connectivity index (χ0n) is 11.5. The van der Waals surface area contributed by atoms with Gasteiger partial charge in [-0.05, 0) is 45.1 Å². The van der Waals surface area contributed by atoms with E-state index in [2.05, 4.69) is 5.32 Å². The molecule has 0 bridgehead atoms. The molecule has 4 nitrogen and oxygen atoms in total. The summed E-state index contributed by atoms with van der Waals surface area (Å²) in [5.41, 5.74) is 1.40. The average molecular weight is 281 g/mol. The summed E-state index contributed by atoms with van der Waals surface area (Å²) in [7, 11) is 0. The zero-order chi connectivity index (χ0) is 14.0. The van der Waals surface area contributed by atoms with Crippen molar-refractivity contribution in [1.82, 2.24) is 0 Å². The molecule has 1 aliphatic rings. The number of rotatable bonds is 5. The minimum Gasteiger partial charge on any atom is -0.462 e.